The molecule has 0 radical (unpaired) electrons. The van der Waals surface area contributed by atoms with E-state index in [-0.39, 0.29) is 37.5 Å². The maximum absolute atomic E-state index is 15.1. The van der Waals surface area contributed by atoms with Crippen molar-refractivity contribution in [3.8, 4) is 22.3 Å². The molecule has 6 rings (SSSR count). The minimum atomic E-state index is -1.21. The fraction of sp³-hybridized carbons (Fsp3) is 0.311. The Labute approximate surface area is 326 Å². The van der Waals surface area contributed by atoms with Crippen LogP contribution in [0.5, 0.6) is 0 Å². The van der Waals surface area contributed by atoms with Crippen molar-refractivity contribution in [2.45, 2.75) is 58.7 Å². The molecule has 2 atom stereocenters. The number of aliphatic hydroxyl groups is 1. The second-order valence-corrected chi connectivity index (χ2v) is 15.4. The van der Waals surface area contributed by atoms with Gasteiger partial charge in [0.15, 0.2) is 0 Å². The Morgan fingerprint density at radius 2 is 1.46 bits per heavy atom. The van der Waals surface area contributed by atoms with Crippen LogP contribution in [0.25, 0.3) is 22.3 Å². The number of carbonyl (C=O) groups is 3. The normalized spacial score (nSPS) is 13.4. The summed E-state index contributed by atoms with van der Waals surface area (Å²) >= 11 is 0. The van der Waals surface area contributed by atoms with Crippen molar-refractivity contribution in [3.63, 3.8) is 0 Å². The second kappa shape index (κ2) is 16.9. The largest absolute Gasteiger partial charge is 0.465 e. The fourth-order valence-corrected chi connectivity index (χ4v) is 7.91. The number of benzene rings is 4. The summed E-state index contributed by atoms with van der Waals surface area (Å²) < 4.78 is 31.4. The number of fused-ring (bicyclic) bond motifs is 3. The van der Waals surface area contributed by atoms with Crippen molar-refractivity contribution in [2.75, 3.05) is 26.2 Å². The van der Waals surface area contributed by atoms with E-state index in [4.69, 9.17) is 0 Å². The van der Waals surface area contributed by atoms with Crippen molar-refractivity contribution in [1.82, 2.24) is 19.7 Å². The molecule has 4 aromatic carbocycles. The van der Waals surface area contributed by atoms with E-state index in [1.165, 1.54) is 0 Å². The first kappa shape index (κ1) is 39.9. The minimum absolute atomic E-state index is 0.0827. The smallest absolute Gasteiger partial charge is 0.408 e. The molecule has 0 fully saturated rings. The molecule has 0 saturated carbocycles. The van der Waals surface area contributed by atoms with E-state index in [1.54, 1.807) is 24.1 Å². The average molecular weight is 763 g/mol. The van der Waals surface area contributed by atoms with Gasteiger partial charge in [0.05, 0.1) is 6.04 Å². The Bertz CT molecular complexity index is 2150. The monoisotopic (exact) mass is 762 g/mol. The van der Waals surface area contributed by atoms with Crippen LogP contribution in [0.1, 0.15) is 68.5 Å². The lowest BCUT2D eigenvalue weighted by atomic mass is 9.83. The molecule has 1 aliphatic carbocycles. The summed E-state index contributed by atoms with van der Waals surface area (Å²) in [6, 6.07) is 28.8. The number of hydrogen-bond donors (Lipinski definition) is 3. The van der Waals surface area contributed by atoms with Gasteiger partial charge in [0.25, 0.3) is 0 Å². The number of hydrogen-bond acceptors (Lipinski definition) is 4. The molecule has 0 aliphatic heterocycles. The van der Waals surface area contributed by atoms with Crippen LogP contribution in [-0.4, -0.2) is 74.8 Å². The maximum atomic E-state index is 15.1. The molecule has 3 N–H and O–H groups in total. The zero-order valence-corrected chi connectivity index (χ0v) is 32.1. The molecule has 11 heteroatoms. The van der Waals surface area contributed by atoms with Crippen molar-refractivity contribution < 1.29 is 33.4 Å². The first-order valence-electron chi connectivity index (χ1n) is 18.8. The number of rotatable bonds is 14. The van der Waals surface area contributed by atoms with E-state index in [0.29, 0.717) is 17.8 Å². The number of halogens is 2. The third-order valence-corrected chi connectivity index (χ3v) is 10.5. The molecule has 1 aromatic heterocycles. The van der Waals surface area contributed by atoms with Crippen LogP contribution < -0.4 is 5.32 Å². The van der Waals surface area contributed by atoms with E-state index >= 15 is 4.39 Å². The number of aromatic nitrogens is 1. The zero-order chi connectivity index (χ0) is 40.1. The Hall–Kier alpha value is -5.81. The highest BCUT2D eigenvalue weighted by molar-refractivity contribution is 5.85. The van der Waals surface area contributed by atoms with Crippen LogP contribution in [0.2, 0.25) is 0 Å². The van der Waals surface area contributed by atoms with Crippen LogP contribution in [0.3, 0.4) is 0 Å². The summed E-state index contributed by atoms with van der Waals surface area (Å²) in [7, 11) is 0. The molecule has 3 amide bonds. The molecular weight excluding hydrogens is 715 g/mol. The average Bonchev–Trinajstić information content (AvgIpc) is 3.73. The number of amides is 3. The molecular formula is C45H48F2N4O5. The van der Waals surface area contributed by atoms with Crippen molar-refractivity contribution in [3.05, 3.63) is 143 Å². The number of carboxylic acid groups (broad SMARTS) is 1. The van der Waals surface area contributed by atoms with Gasteiger partial charge in [0.1, 0.15) is 24.3 Å². The van der Waals surface area contributed by atoms with Crippen molar-refractivity contribution in [1.29, 1.82) is 0 Å². The minimum Gasteiger partial charge on any atom is -0.465 e. The van der Waals surface area contributed by atoms with E-state index in [2.05, 4.69) is 5.32 Å². The number of aliphatic hydroxyl groups excluding tert-OH is 1. The van der Waals surface area contributed by atoms with Crippen molar-refractivity contribution >= 4 is 17.9 Å². The molecule has 1 heterocycles. The van der Waals surface area contributed by atoms with E-state index in [0.717, 1.165) is 50.9 Å². The van der Waals surface area contributed by atoms with Crippen LogP contribution in [-0.2, 0) is 16.1 Å². The predicted molar refractivity (Wildman–Crippen MR) is 212 cm³/mol. The maximum Gasteiger partial charge on any atom is 0.408 e. The molecule has 9 nitrogen and oxygen atoms in total. The highest BCUT2D eigenvalue weighted by Gasteiger charge is 2.38. The molecule has 1 aliphatic rings. The Balaban J connectivity index is 1.20. The van der Waals surface area contributed by atoms with Gasteiger partial charge in [-0.1, -0.05) is 99.6 Å². The Kier molecular flexibility index (Phi) is 12.0. The van der Waals surface area contributed by atoms with Gasteiger partial charge in [-0.25, -0.2) is 13.6 Å². The van der Waals surface area contributed by atoms with E-state index in [1.807, 2.05) is 104 Å². The molecule has 5 aromatic rings. The number of nitrogens with zero attached hydrogens (tertiary/aromatic N) is 3. The molecule has 0 saturated heterocycles. The summed E-state index contributed by atoms with van der Waals surface area (Å²) in [6.07, 6.45) is 0.829. The summed E-state index contributed by atoms with van der Waals surface area (Å²) in [6.45, 7) is 7.42. The lowest BCUT2D eigenvalue weighted by Crippen LogP contribution is -2.49. The number of carbonyl (C=O) groups excluding carboxylic acids is 2. The molecule has 292 valence electrons. The van der Waals surface area contributed by atoms with Crippen LogP contribution >= 0.6 is 0 Å². The summed E-state index contributed by atoms with van der Waals surface area (Å²) in [4.78, 5) is 42.4. The summed E-state index contributed by atoms with van der Waals surface area (Å²) in [5.41, 5.74) is 5.66. The summed E-state index contributed by atoms with van der Waals surface area (Å²) in [5, 5.41) is 23.3. The van der Waals surface area contributed by atoms with Gasteiger partial charge in [0.2, 0.25) is 11.8 Å². The third-order valence-electron chi connectivity index (χ3n) is 10.5. The molecule has 0 bridgehead atoms. The van der Waals surface area contributed by atoms with Gasteiger partial charge < -0.3 is 25.0 Å². The standard InChI is InChI=1S/C45H48F2N4O5/c1-29(51(44(55)56)27-38-35-17-10-8-15-33(35)34-16-9-11-18-36(34)38)43(54)48-21-12-22-50(41(53)28-52)42(45(2,3)4)40-23-31(37-24-32(46)19-20-39(37)47)26-49(40)25-30-13-6-5-7-14-30/h5-11,13-20,23-24,26,29,38,42,52H,12,21-22,25,27-28H2,1-4H3,(H,48,54)(H,55,56)/t29-,42-/m0/s1. The van der Waals surface area contributed by atoms with Gasteiger partial charge >= 0.3 is 6.09 Å². The highest BCUT2D eigenvalue weighted by Crippen LogP contribution is 2.45. The van der Waals surface area contributed by atoms with Gasteiger partial charge in [0, 0.05) is 55.1 Å². The second-order valence-electron chi connectivity index (χ2n) is 15.4. The van der Waals surface area contributed by atoms with Crippen LogP contribution in [0.15, 0.2) is 109 Å². The van der Waals surface area contributed by atoms with Gasteiger partial charge in [-0.2, -0.15) is 0 Å². The van der Waals surface area contributed by atoms with Crippen LogP contribution in [0, 0.1) is 17.0 Å². The SMILES string of the molecule is C[C@@H](C(=O)NCCCN(C(=O)CO)[C@@H](c1cc(-c2cc(F)ccc2F)cn1Cc1ccccc1)C(C)(C)C)N(CC1c2ccccc2-c2ccccc21)C(=O)O. The van der Waals surface area contributed by atoms with Gasteiger partial charge in [-0.3, -0.25) is 14.5 Å². The predicted octanol–water partition coefficient (Wildman–Crippen LogP) is 8.08. The Morgan fingerprint density at radius 1 is 0.839 bits per heavy atom. The highest BCUT2D eigenvalue weighted by atomic mass is 19.1. The Morgan fingerprint density at radius 3 is 2.07 bits per heavy atom. The lowest BCUT2D eigenvalue weighted by Gasteiger charge is -2.41. The van der Waals surface area contributed by atoms with E-state index in [9.17, 15) is 29.0 Å². The first-order chi connectivity index (χ1) is 26.8. The summed E-state index contributed by atoms with van der Waals surface area (Å²) in [5.74, 6) is -2.42. The first-order valence-corrected chi connectivity index (χ1v) is 18.8. The van der Waals surface area contributed by atoms with Gasteiger partial charge in [-0.05, 0) is 70.8 Å². The molecule has 56 heavy (non-hydrogen) atoms. The van der Waals surface area contributed by atoms with Crippen molar-refractivity contribution in [2.24, 2.45) is 5.41 Å². The van der Waals surface area contributed by atoms with E-state index < -0.39 is 53.6 Å². The topological polar surface area (TPSA) is 115 Å². The van der Waals surface area contributed by atoms with Crippen LogP contribution in [0.4, 0.5) is 13.6 Å². The quantitative estimate of drug-likeness (QED) is 0.0991. The fourth-order valence-electron chi connectivity index (χ4n) is 7.91. The number of nitrogens with one attached hydrogen (secondary N) is 1. The third kappa shape index (κ3) is 8.53. The van der Waals surface area contributed by atoms with Gasteiger partial charge in [-0.15, -0.1) is 0 Å². The molecule has 0 unspecified atom stereocenters. The lowest BCUT2D eigenvalue weighted by molar-refractivity contribution is -0.139. The molecule has 0 spiro atoms. The zero-order valence-electron chi connectivity index (χ0n) is 32.1.